The smallest absolute Gasteiger partial charge is 0.266 e. The van der Waals surface area contributed by atoms with Crippen LogP contribution in [0.15, 0.2) is 45.7 Å². The van der Waals surface area contributed by atoms with Crippen LogP contribution in [0.25, 0.3) is 17.4 Å². The minimum Gasteiger partial charge on any atom is -0.457 e. The van der Waals surface area contributed by atoms with E-state index in [0.717, 1.165) is 17.9 Å². The fourth-order valence-electron chi connectivity index (χ4n) is 4.62. The van der Waals surface area contributed by atoms with Gasteiger partial charge in [-0.15, -0.1) is 0 Å². The second-order valence-corrected chi connectivity index (χ2v) is 9.18. The third kappa shape index (κ3) is 3.05. The van der Waals surface area contributed by atoms with Gasteiger partial charge in [-0.05, 0) is 67.5 Å². The summed E-state index contributed by atoms with van der Waals surface area (Å²) in [7, 11) is 0. The lowest BCUT2D eigenvalue weighted by atomic mass is 9.94. The van der Waals surface area contributed by atoms with Crippen molar-refractivity contribution in [3.8, 4) is 11.3 Å². The van der Waals surface area contributed by atoms with Gasteiger partial charge in [0.05, 0.1) is 4.91 Å². The molecular formula is C21H18FNO2S2. The first-order valence-electron chi connectivity index (χ1n) is 9.21. The Morgan fingerprint density at radius 2 is 1.96 bits per heavy atom. The number of thioether (sulfide) groups is 1. The fraction of sp³-hybridized carbons (Fsp3) is 0.333. The summed E-state index contributed by atoms with van der Waals surface area (Å²) in [4.78, 5) is 15.4. The van der Waals surface area contributed by atoms with E-state index in [1.54, 1.807) is 18.2 Å². The fourth-order valence-corrected chi connectivity index (χ4v) is 5.98. The number of rotatable bonds is 3. The highest BCUT2D eigenvalue weighted by Gasteiger charge is 2.47. The molecule has 3 aliphatic rings. The molecule has 3 nitrogen and oxygen atoms in total. The Labute approximate surface area is 166 Å². The number of carbonyl (C=O) groups excluding carboxylic acids is 1. The van der Waals surface area contributed by atoms with Gasteiger partial charge in [0.25, 0.3) is 5.91 Å². The molecule has 0 spiro atoms. The van der Waals surface area contributed by atoms with Crippen molar-refractivity contribution in [1.82, 2.24) is 4.90 Å². The molecule has 2 heterocycles. The molecule has 3 atom stereocenters. The highest BCUT2D eigenvalue weighted by molar-refractivity contribution is 8.26. The van der Waals surface area contributed by atoms with Crippen LogP contribution in [-0.2, 0) is 4.79 Å². The lowest BCUT2D eigenvalue weighted by molar-refractivity contribution is -0.124. The van der Waals surface area contributed by atoms with Gasteiger partial charge in [0.1, 0.15) is 21.7 Å². The molecular weight excluding hydrogens is 381 g/mol. The molecule has 2 aromatic rings. The molecule has 3 unspecified atom stereocenters. The minimum absolute atomic E-state index is 0.00211. The molecule has 2 aliphatic carbocycles. The van der Waals surface area contributed by atoms with Gasteiger partial charge in [-0.2, -0.15) is 0 Å². The molecule has 2 bridgehead atoms. The Bertz CT molecular complexity index is 949. The number of thiocarbonyl (C=S) groups is 1. The first kappa shape index (κ1) is 17.2. The van der Waals surface area contributed by atoms with Crippen molar-refractivity contribution >= 4 is 40.3 Å². The van der Waals surface area contributed by atoms with Crippen molar-refractivity contribution in [2.45, 2.75) is 31.7 Å². The Kier molecular flexibility index (Phi) is 4.20. The van der Waals surface area contributed by atoms with E-state index in [4.69, 9.17) is 16.6 Å². The number of nitrogens with zero attached hydrogens (tertiary/aromatic N) is 1. The minimum atomic E-state index is -0.283. The average molecular weight is 400 g/mol. The monoisotopic (exact) mass is 399 g/mol. The molecule has 138 valence electrons. The summed E-state index contributed by atoms with van der Waals surface area (Å²) in [6.45, 7) is 0. The van der Waals surface area contributed by atoms with E-state index in [1.807, 2.05) is 17.0 Å². The van der Waals surface area contributed by atoms with Crippen LogP contribution in [0.5, 0.6) is 0 Å². The van der Waals surface area contributed by atoms with E-state index in [9.17, 15) is 9.18 Å². The van der Waals surface area contributed by atoms with Gasteiger partial charge in [0, 0.05) is 17.7 Å². The zero-order chi connectivity index (χ0) is 18.5. The third-order valence-electron chi connectivity index (χ3n) is 5.88. The first-order valence-corrected chi connectivity index (χ1v) is 10.4. The molecule has 5 rings (SSSR count). The van der Waals surface area contributed by atoms with Crippen LogP contribution < -0.4 is 0 Å². The molecule has 27 heavy (non-hydrogen) atoms. The van der Waals surface area contributed by atoms with Gasteiger partial charge in [-0.3, -0.25) is 9.69 Å². The number of amides is 1. The van der Waals surface area contributed by atoms with Crippen molar-refractivity contribution in [2.24, 2.45) is 11.8 Å². The summed E-state index contributed by atoms with van der Waals surface area (Å²) >= 11 is 6.88. The molecule has 1 amide bonds. The molecule has 2 saturated carbocycles. The molecule has 3 fully saturated rings. The predicted molar refractivity (Wildman–Crippen MR) is 108 cm³/mol. The molecule has 1 aliphatic heterocycles. The standard InChI is InChI=1S/C21H18FNO2S2/c22-15-5-3-13(4-6-15)18-8-7-16(25-18)11-19-20(24)23(21(26)27-19)17-10-12-1-2-14(17)9-12/h3-8,11-12,14,17H,1-2,9-10H2. The second kappa shape index (κ2) is 6.60. The number of furan rings is 1. The largest absolute Gasteiger partial charge is 0.457 e. The van der Waals surface area contributed by atoms with Crippen molar-refractivity contribution in [2.75, 3.05) is 0 Å². The first-order chi connectivity index (χ1) is 13.1. The summed E-state index contributed by atoms with van der Waals surface area (Å²) in [6.07, 6.45) is 6.59. The number of halogens is 1. The summed E-state index contributed by atoms with van der Waals surface area (Å²) in [5, 5.41) is 0. The maximum Gasteiger partial charge on any atom is 0.266 e. The van der Waals surface area contributed by atoms with Crippen LogP contribution in [0.2, 0.25) is 0 Å². The normalized spacial score (nSPS) is 28.7. The van der Waals surface area contributed by atoms with Gasteiger partial charge >= 0.3 is 0 Å². The molecule has 1 aromatic heterocycles. The van der Waals surface area contributed by atoms with Crippen molar-refractivity contribution in [1.29, 1.82) is 0 Å². The Hall–Kier alpha value is -1.92. The van der Waals surface area contributed by atoms with E-state index < -0.39 is 0 Å². The lowest BCUT2D eigenvalue weighted by Crippen LogP contribution is -2.41. The zero-order valence-corrected chi connectivity index (χ0v) is 16.2. The van der Waals surface area contributed by atoms with Crippen LogP contribution >= 0.6 is 24.0 Å². The van der Waals surface area contributed by atoms with Crippen LogP contribution in [0.1, 0.15) is 31.4 Å². The summed E-state index contributed by atoms with van der Waals surface area (Å²) in [6, 6.07) is 10.1. The number of fused-ring (bicyclic) bond motifs is 2. The summed E-state index contributed by atoms with van der Waals surface area (Å²) in [5.74, 6) is 2.33. The molecule has 6 heteroatoms. The highest BCUT2D eigenvalue weighted by Crippen LogP contribution is 2.49. The maximum absolute atomic E-state index is 13.1. The van der Waals surface area contributed by atoms with Crippen LogP contribution in [0, 0.1) is 17.7 Å². The van der Waals surface area contributed by atoms with E-state index >= 15 is 0 Å². The van der Waals surface area contributed by atoms with Crippen LogP contribution in [-0.4, -0.2) is 21.2 Å². The van der Waals surface area contributed by atoms with Crippen LogP contribution in [0.4, 0.5) is 4.39 Å². The maximum atomic E-state index is 13.1. The molecule has 0 N–H and O–H groups in total. The van der Waals surface area contributed by atoms with Crippen molar-refractivity contribution < 1.29 is 13.6 Å². The number of hydrogen-bond acceptors (Lipinski definition) is 4. The van der Waals surface area contributed by atoms with Gasteiger partial charge in [-0.25, -0.2) is 4.39 Å². The quantitative estimate of drug-likeness (QED) is 0.506. The number of hydrogen-bond donors (Lipinski definition) is 0. The number of carbonyl (C=O) groups is 1. The summed E-state index contributed by atoms with van der Waals surface area (Å²) < 4.78 is 19.6. The lowest BCUT2D eigenvalue weighted by Gasteiger charge is -2.30. The Morgan fingerprint density at radius 3 is 2.67 bits per heavy atom. The molecule has 0 radical (unpaired) electrons. The van der Waals surface area contributed by atoms with Crippen molar-refractivity contribution in [3.05, 3.63) is 52.9 Å². The van der Waals surface area contributed by atoms with Crippen molar-refractivity contribution in [3.63, 3.8) is 0 Å². The topological polar surface area (TPSA) is 33.5 Å². The van der Waals surface area contributed by atoms with Gasteiger partial charge in [-0.1, -0.05) is 30.4 Å². The van der Waals surface area contributed by atoms with E-state index in [-0.39, 0.29) is 17.8 Å². The SMILES string of the molecule is O=C1C(=Cc2ccc(-c3ccc(F)cc3)o2)SC(=S)N1C1CC2CCC1C2. The zero-order valence-electron chi connectivity index (χ0n) is 14.6. The Morgan fingerprint density at radius 1 is 1.15 bits per heavy atom. The van der Waals surface area contributed by atoms with Crippen LogP contribution in [0.3, 0.4) is 0 Å². The van der Waals surface area contributed by atoms with Gasteiger partial charge in [0.2, 0.25) is 0 Å². The number of benzene rings is 1. The van der Waals surface area contributed by atoms with E-state index in [1.165, 1.54) is 43.2 Å². The summed E-state index contributed by atoms with van der Waals surface area (Å²) in [5.41, 5.74) is 0.797. The second-order valence-electron chi connectivity index (χ2n) is 7.50. The molecule has 1 saturated heterocycles. The van der Waals surface area contributed by atoms with Gasteiger partial charge in [0.15, 0.2) is 0 Å². The third-order valence-corrected chi connectivity index (χ3v) is 7.22. The predicted octanol–water partition coefficient (Wildman–Crippen LogP) is 5.48. The van der Waals surface area contributed by atoms with E-state index in [2.05, 4.69) is 0 Å². The van der Waals surface area contributed by atoms with Gasteiger partial charge < -0.3 is 4.42 Å². The average Bonchev–Trinajstić information content (AvgIpc) is 3.42. The highest BCUT2D eigenvalue weighted by atomic mass is 32.2. The Balaban J connectivity index is 1.37. The molecule has 1 aromatic carbocycles. The van der Waals surface area contributed by atoms with E-state index in [0.29, 0.717) is 26.7 Å².